The number of benzene rings is 2. The molecule has 3 nitrogen and oxygen atoms in total. The third-order valence-electron chi connectivity index (χ3n) is 3.27. The summed E-state index contributed by atoms with van der Waals surface area (Å²) in [5.74, 6) is -0.0148. The van der Waals surface area contributed by atoms with Gasteiger partial charge in [0.15, 0.2) is 6.29 Å². The molecule has 0 unspecified atom stereocenters. The van der Waals surface area contributed by atoms with Gasteiger partial charge < -0.3 is 5.11 Å². The maximum Gasteiger partial charge on any atom is 0.224 e. The van der Waals surface area contributed by atoms with Crippen molar-refractivity contribution in [2.45, 2.75) is 31.1 Å². The van der Waals surface area contributed by atoms with Crippen LogP contribution >= 0.6 is 11.8 Å². The molecule has 0 spiro atoms. The maximum absolute atomic E-state index is 12.3. The highest BCUT2D eigenvalue weighted by molar-refractivity contribution is 8.14. The number of carbonyl (C=O) groups excluding carboxylic acids is 2. The minimum absolute atomic E-state index is 0.0148. The third-order valence-corrected chi connectivity index (χ3v) is 4.16. The van der Waals surface area contributed by atoms with Gasteiger partial charge in [-0.1, -0.05) is 51.1 Å². The lowest BCUT2D eigenvalue weighted by molar-refractivity contribution is 0.108. The van der Waals surface area contributed by atoms with Crippen LogP contribution in [-0.2, 0) is 5.41 Å². The van der Waals surface area contributed by atoms with Crippen molar-refractivity contribution in [1.29, 1.82) is 0 Å². The monoisotopic (exact) mass is 314 g/mol. The van der Waals surface area contributed by atoms with Crippen molar-refractivity contribution in [2.75, 3.05) is 0 Å². The van der Waals surface area contributed by atoms with Crippen molar-refractivity contribution in [3.8, 4) is 5.75 Å². The molecule has 22 heavy (non-hydrogen) atoms. The van der Waals surface area contributed by atoms with E-state index >= 15 is 0 Å². The van der Waals surface area contributed by atoms with Crippen LogP contribution in [0.15, 0.2) is 47.4 Å². The van der Waals surface area contributed by atoms with E-state index in [0.29, 0.717) is 22.3 Å². The normalized spacial score (nSPS) is 11.2. The maximum atomic E-state index is 12.3. The zero-order valence-corrected chi connectivity index (χ0v) is 13.6. The molecule has 0 bridgehead atoms. The van der Waals surface area contributed by atoms with Gasteiger partial charge in [-0.05, 0) is 29.3 Å². The number of aldehydes is 1. The fourth-order valence-corrected chi connectivity index (χ4v) is 2.92. The van der Waals surface area contributed by atoms with Gasteiger partial charge in [-0.2, -0.15) is 0 Å². The molecule has 0 saturated heterocycles. The van der Waals surface area contributed by atoms with Gasteiger partial charge in [-0.15, -0.1) is 0 Å². The highest BCUT2D eigenvalue weighted by Gasteiger charge is 2.22. The fourth-order valence-electron chi connectivity index (χ4n) is 2.09. The van der Waals surface area contributed by atoms with Crippen LogP contribution in [0, 0.1) is 0 Å². The van der Waals surface area contributed by atoms with E-state index in [1.54, 1.807) is 24.3 Å². The van der Waals surface area contributed by atoms with Crippen LogP contribution in [0.5, 0.6) is 5.75 Å². The Labute approximate surface area is 134 Å². The summed E-state index contributed by atoms with van der Waals surface area (Å²) in [7, 11) is 0. The van der Waals surface area contributed by atoms with Gasteiger partial charge in [0.2, 0.25) is 5.12 Å². The summed E-state index contributed by atoms with van der Waals surface area (Å²) in [5, 5.41) is 10.1. The molecule has 0 heterocycles. The molecule has 2 aromatic carbocycles. The van der Waals surface area contributed by atoms with Crippen LogP contribution in [0.25, 0.3) is 0 Å². The lowest BCUT2D eigenvalue weighted by Crippen LogP contribution is -2.12. The molecule has 4 heteroatoms. The summed E-state index contributed by atoms with van der Waals surface area (Å²) in [6.45, 7) is 5.85. The summed E-state index contributed by atoms with van der Waals surface area (Å²) in [5.41, 5.74) is 1.13. The summed E-state index contributed by atoms with van der Waals surface area (Å²) in [6, 6.07) is 12.3. The van der Waals surface area contributed by atoms with Gasteiger partial charge in [0.25, 0.3) is 0 Å². The SMILES string of the molecule is CC(C)(C)c1cc(SC(=O)c2ccccc2)cc(C=O)c1O. The number of aromatic hydroxyl groups is 1. The van der Waals surface area contributed by atoms with Gasteiger partial charge in [-0.3, -0.25) is 9.59 Å². The van der Waals surface area contributed by atoms with Crippen molar-refractivity contribution in [2.24, 2.45) is 0 Å². The smallest absolute Gasteiger partial charge is 0.224 e. The first kappa shape index (κ1) is 16.3. The Hall–Kier alpha value is -2.07. The average Bonchev–Trinajstić information content (AvgIpc) is 2.48. The number of carbonyl (C=O) groups is 2. The molecule has 0 aliphatic carbocycles. The molecule has 0 radical (unpaired) electrons. The molecule has 114 valence electrons. The van der Waals surface area contributed by atoms with E-state index < -0.39 is 0 Å². The molecule has 0 aromatic heterocycles. The first-order valence-electron chi connectivity index (χ1n) is 6.93. The first-order valence-corrected chi connectivity index (χ1v) is 7.74. The van der Waals surface area contributed by atoms with E-state index in [4.69, 9.17) is 0 Å². The van der Waals surface area contributed by atoms with Crippen LogP contribution < -0.4 is 0 Å². The first-order chi connectivity index (χ1) is 10.3. The van der Waals surface area contributed by atoms with E-state index in [1.165, 1.54) is 0 Å². The Balaban J connectivity index is 2.40. The molecular weight excluding hydrogens is 296 g/mol. The molecule has 2 rings (SSSR count). The number of hydrogen-bond acceptors (Lipinski definition) is 4. The Morgan fingerprint density at radius 1 is 1.14 bits per heavy atom. The van der Waals surface area contributed by atoms with E-state index in [2.05, 4.69) is 0 Å². The van der Waals surface area contributed by atoms with Gasteiger partial charge in [0, 0.05) is 16.0 Å². The molecule has 0 aliphatic rings. The lowest BCUT2D eigenvalue weighted by Gasteiger charge is -2.22. The van der Waals surface area contributed by atoms with Crippen molar-refractivity contribution in [1.82, 2.24) is 0 Å². The Kier molecular flexibility index (Phi) is 4.71. The summed E-state index contributed by atoms with van der Waals surface area (Å²) in [6.07, 6.45) is 0.613. The zero-order chi connectivity index (χ0) is 16.3. The minimum Gasteiger partial charge on any atom is -0.507 e. The van der Waals surface area contributed by atoms with E-state index in [0.717, 1.165) is 11.8 Å². The number of phenolic OH excluding ortho intramolecular Hbond substituents is 1. The highest BCUT2D eigenvalue weighted by atomic mass is 32.2. The second-order valence-corrected chi connectivity index (χ2v) is 7.08. The van der Waals surface area contributed by atoms with Crippen LogP contribution in [0.3, 0.4) is 0 Å². The Bertz CT molecular complexity index is 700. The number of phenols is 1. The Morgan fingerprint density at radius 3 is 2.32 bits per heavy atom. The van der Waals surface area contributed by atoms with Crippen LogP contribution in [-0.4, -0.2) is 16.5 Å². The summed E-state index contributed by atoms with van der Waals surface area (Å²) in [4.78, 5) is 24.1. The standard InChI is InChI=1S/C18H18O3S/c1-18(2,3)15-10-14(9-13(11-19)16(15)20)22-17(21)12-7-5-4-6-8-12/h4-11,20H,1-3H3. The fraction of sp³-hybridized carbons (Fsp3) is 0.222. The van der Waals surface area contributed by atoms with Gasteiger partial charge in [-0.25, -0.2) is 0 Å². The van der Waals surface area contributed by atoms with Crippen molar-refractivity contribution >= 4 is 23.2 Å². The zero-order valence-electron chi connectivity index (χ0n) is 12.8. The highest BCUT2D eigenvalue weighted by Crippen LogP contribution is 2.37. The molecule has 0 atom stereocenters. The predicted octanol–water partition coefficient (Wildman–Crippen LogP) is 4.43. The molecule has 0 saturated carbocycles. The van der Waals surface area contributed by atoms with Crippen molar-refractivity contribution in [3.05, 3.63) is 59.2 Å². The van der Waals surface area contributed by atoms with Gasteiger partial charge in [0.1, 0.15) is 5.75 Å². The van der Waals surface area contributed by atoms with Crippen LogP contribution in [0.2, 0.25) is 0 Å². The number of thioether (sulfide) groups is 1. The minimum atomic E-state index is -0.325. The van der Waals surface area contributed by atoms with Gasteiger partial charge in [0.05, 0.1) is 5.56 Å². The van der Waals surface area contributed by atoms with Crippen molar-refractivity contribution < 1.29 is 14.7 Å². The average molecular weight is 314 g/mol. The third kappa shape index (κ3) is 3.57. The largest absolute Gasteiger partial charge is 0.507 e. The second-order valence-electron chi connectivity index (χ2n) is 6.03. The van der Waals surface area contributed by atoms with E-state index in [1.807, 2.05) is 39.0 Å². The lowest BCUT2D eigenvalue weighted by atomic mass is 9.85. The molecule has 0 aliphatic heterocycles. The second kappa shape index (κ2) is 6.36. The predicted molar refractivity (Wildman–Crippen MR) is 88.8 cm³/mol. The van der Waals surface area contributed by atoms with Crippen molar-refractivity contribution in [3.63, 3.8) is 0 Å². The summed E-state index contributed by atoms with van der Waals surface area (Å²) >= 11 is 1.06. The van der Waals surface area contributed by atoms with Crippen LogP contribution in [0.4, 0.5) is 0 Å². The quantitative estimate of drug-likeness (QED) is 0.672. The molecule has 1 N–H and O–H groups in total. The Morgan fingerprint density at radius 2 is 1.77 bits per heavy atom. The number of hydrogen-bond donors (Lipinski definition) is 1. The molecule has 0 fully saturated rings. The molecule has 0 amide bonds. The topological polar surface area (TPSA) is 54.4 Å². The van der Waals surface area contributed by atoms with E-state index in [-0.39, 0.29) is 21.8 Å². The molecular formula is C18H18O3S. The molecule has 2 aromatic rings. The van der Waals surface area contributed by atoms with E-state index in [9.17, 15) is 14.7 Å². The van der Waals surface area contributed by atoms with Crippen LogP contribution in [0.1, 0.15) is 47.1 Å². The van der Waals surface area contributed by atoms with Gasteiger partial charge >= 0.3 is 0 Å². The summed E-state index contributed by atoms with van der Waals surface area (Å²) < 4.78 is 0. The number of rotatable bonds is 3.